The van der Waals surface area contributed by atoms with Gasteiger partial charge in [-0.05, 0) is 62.0 Å². The van der Waals surface area contributed by atoms with Gasteiger partial charge in [0.15, 0.2) is 0 Å². The summed E-state index contributed by atoms with van der Waals surface area (Å²) in [6.07, 6.45) is 4.90. The number of likely N-dealkylation sites (N-methyl/N-ethyl adjacent to an activating group) is 1. The summed E-state index contributed by atoms with van der Waals surface area (Å²) in [4.78, 5) is 12.2. The van der Waals surface area contributed by atoms with Crippen molar-refractivity contribution >= 4 is 11.0 Å². The number of aromatic nitrogens is 2. The average Bonchev–Trinajstić information content (AvgIpc) is 3.22. The van der Waals surface area contributed by atoms with Crippen molar-refractivity contribution < 1.29 is 18.4 Å². The Morgan fingerprint density at radius 2 is 1.93 bits per heavy atom. The van der Waals surface area contributed by atoms with Crippen molar-refractivity contribution in [3.05, 3.63) is 65.6 Å². The van der Waals surface area contributed by atoms with Crippen LogP contribution in [0, 0.1) is 11.3 Å². The van der Waals surface area contributed by atoms with Gasteiger partial charge in [-0.25, -0.2) is 18.5 Å². The number of nitrogens with zero attached hydrogens (tertiary/aromatic N) is 5. The molecule has 5 rings (SSSR count). The van der Waals surface area contributed by atoms with E-state index in [1.807, 2.05) is 46.8 Å². The molecule has 0 spiro atoms. The zero-order valence-electron chi connectivity index (χ0n) is 23.0. The normalized spacial score (nSPS) is 18.0. The molecule has 2 aliphatic rings. The van der Waals surface area contributed by atoms with Gasteiger partial charge in [0.05, 0.1) is 36.5 Å². The molecule has 0 bridgehead atoms. The quantitative estimate of drug-likeness (QED) is 0.409. The fourth-order valence-corrected chi connectivity index (χ4v) is 6.29. The minimum absolute atomic E-state index is 0.0595. The largest absolute Gasteiger partial charge is 0.495 e. The molecule has 40 heavy (non-hydrogen) atoms. The van der Waals surface area contributed by atoms with Crippen molar-refractivity contribution in [1.29, 1.82) is 5.26 Å². The Balaban J connectivity index is 1.31. The van der Waals surface area contributed by atoms with Crippen LogP contribution >= 0.6 is 0 Å². The molecule has 3 aromatic rings. The number of hydrogen-bond donors (Lipinski definition) is 0. The monoisotopic (exact) mass is 561 g/mol. The van der Waals surface area contributed by atoms with Crippen LogP contribution in [0.2, 0.25) is 0 Å². The highest BCUT2D eigenvalue weighted by molar-refractivity contribution is 7.82. The standard InChI is InChI=1S/C30H35N5O4S/c1-34-12-3-13-35(15-14-34)40(36)29-7-4-22(18-28(29)37-2)19-30-32-11-8-26(33-30)23-5-6-27(24(20-23)21-31)39-25-9-16-38-17-10-25/h4-8,11,18,20,25H,3,9-10,12-17,19H2,1-2H3. The number of benzene rings is 2. The third kappa shape index (κ3) is 6.85. The minimum Gasteiger partial charge on any atom is -0.495 e. The topological polar surface area (TPSA) is 101 Å². The maximum Gasteiger partial charge on any atom is 0.137 e. The molecule has 2 saturated heterocycles. The molecule has 9 nitrogen and oxygen atoms in total. The van der Waals surface area contributed by atoms with Crippen molar-refractivity contribution in [1.82, 2.24) is 19.2 Å². The lowest BCUT2D eigenvalue weighted by atomic mass is 10.1. The average molecular weight is 562 g/mol. The summed E-state index contributed by atoms with van der Waals surface area (Å²) >= 11 is 0. The molecule has 3 heterocycles. The molecule has 0 aliphatic carbocycles. The van der Waals surface area contributed by atoms with E-state index in [2.05, 4.69) is 23.0 Å². The maximum atomic E-state index is 13.4. The van der Waals surface area contributed by atoms with Crippen molar-refractivity contribution in [3.8, 4) is 28.8 Å². The number of rotatable bonds is 8. The SMILES string of the molecule is COc1cc(Cc2nccc(-c3ccc(OC4CCOCC4)c(C#N)c3)n2)ccc1S(=O)N1CCCN(C)CC1. The molecule has 2 aromatic carbocycles. The van der Waals surface area contributed by atoms with Crippen LogP contribution in [0.15, 0.2) is 53.6 Å². The van der Waals surface area contributed by atoms with Crippen LogP contribution in [0.25, 0.3) is 11.3 Å². The highest BCUT2D eigenvalue weighted by Gasteiger charge is 2.22. The Bertz CT molecular complexity index is 1390. The first-order valence-electron chi connectivity index (χ1n) is 13.7. The third-order valence-electron chi connectivity index (χ3n) is 7.25. The highest BCUT2D eigenvalue weighted by atomic mass is 32.2. The van der Waals surface area contributed by atoms with E-state index in [4.69, 9.17) is 19.2 Å². The Kier molecular flexibility index (Phi) is 9.39. The molecule has 1 aromatic heterocycles. The molecule has 1 unspecified atom stereocenters. The van der Waals surface area contributed by atoms with Crippen LogP contribution < -0.4 is 9.47 Å². The van der Waals surface area contributed by atoms with E-state index < -0.39 is 11.0 Å². The van der Waals surface area contributed by atoms with Crippen LogP contribution in [0.3, 0.4) is 0 Å². The van der Waals surface area contributed by atoms with Gasteiger partial charge in [0.1, 0.15) is 40.5 Å². The summed E-state index contributed by atoms with van der Waals surface area (Å²) < 4.78 is 32.5. The number of nitriles is 1. The molecule has 0 saturated carbocycles. The molecule has 2 fully saturated rings. The molecule has 210 valence electrons. The van der Waals surface area contributed by atoms with Crippen molar-refractivity contribution in [2.45, 2.75) is 36.7 Å². The Hall–Kier alpha value is -3.36. The second-order valence-electron chi connectivity index (χ2n) is 10.1. The van der Waals surface area contributed by atoms with E-state index in [1.54, 1.807) is 13.3 Å². The predicted molar refractivity (Wildman–Crippen MR) is 153 cm³/mol. The number of methoxy groups -OCH3 is 1. The van der Waals surface area contributed by atoms with Gasteiger partial charge in [0.2, 0.25) is 0 Å². The molecular formula is C30H35N5O4S. The molecule has 0 radical (unpaired) electrons. The summed E-state index contributed by atoms with van der Waals surface area (Å²) in [5, 5.41) is 9.76. The molecule has 1 atom stereocenters. The Labute approximate surface area is 238 Å². The first-order chi connectivity index (χ1) is 19.5. The van der Waals surface area contributed by atoms with E-state index in [-0.39, 0.29) is 6.10 Å². The van der Waals surface area contributed by atoms with Gasteiger partial charge < -0.3 is 19.1 Å². The summed E-state index contributed by atoms with van der Waals surface area (Å²) in [5.74, 6) is 1.83. The van der Waals surface area contributed by atoms with Gasteiger partial charge in [-0.1, -0.05) is 6.07 Å². The second-order valence-corrected chi connectivity index (χ2v) is 11.6. The van der Waals surface area contributed by atoms with E-state index >= 15 is 0 Å². The first-order valence-corrected chi connectivity index (χ1v) is 14.8. The van der Waals surface area contributed by atoms with Gasteiger partial charge in [-0.3, -0.25) is 0 Å². The summed E-state index contributed by atoms with van der Waals surface area (Å²) in [6, 6.07) is 15.5. The van der Waals surface area contributed by atoms with Crippen molar-refractivity contribution in [2.75, 3.05) is 53.6 Å². The Morgan fingerprint density at radius 3 is 2.73 bits per heavy atom. The van der Waals surface area contributed by atoms with Gasteiger partial charge in [0, 0.05) is 50.7 Å². The number of hydrogen-bond acceptors (Lipinski definition) is 8. The van der Waals surface area contributed by atoms with Crippen LogP contribution in [0.5, 0.6) is 11.5 Å². The summed E-state index contributed by atoms with van der Waals surface area (Å²) in [6.45, 7) is 4.80. The lowest BCUT2D eigenvalue weighted by Gasteiger charge is -2.23. The fourth-order valence-electron chi connectivity index (χ4n) is 4.97. The fraction of sp³-hybridized carbons (Fsp3) is 0.433. The van der Waals surface area contributed by atoms with Crippen LogP contribution in [0.1, 0.15) is 36.2 Å². The van der Waals surface area contributed by atoms with E-state index in [0.29, 0.717) is 47.4 Å². The lowest BCUT2D eigenvalue weighted by molar-refractivity contribution is 0.0254. The summed E-state index contributed by atoms with van der Waals surface area (Å²) in [7, 11) is 2.41. The molecular weight excluding hydrogens is 526 g/mol. The van der Waals surface area contributed by atoms with Crippen LogP contribution in [-0.4, -0.2) is 83.0 Å². The van der Waals surface area contributed by atoms with E-state index in [1.165, 1.54) is 0 Å². The van der Waals surface area contributed by atoms with Gasteiger partial charge in [0.25, 0.3) is 0 Å². The van der Waals surface area contributed by atoms with E-state index in [9.17, 15) is 9.47 Å². The maximum absolute atomic E-state index is 13.4. The predicted octanol–water partition coefficient (Wildman–Crippen LogP) is 3.83. The Morgan fingerprint density at radius 1 is 1.07 bits per heavy atom. The minimum atomic E-state index is -1.29. The smallest absolute Gasteiger partial charge is 0.137 e. The van der Waals surface area contributed by atoms with E-state index in [0.717, 1.165) is 62.3 Å². The van der Waals surface area contributed by atoms with Gasteiger partial charge in [-0.2, -0.15) is 5.26 Å². The first kappa shape index (κ1) is 28.2. The second kappa shape index (κ2) is 13.3. The van der Waals surface area contributed by atoms with Crippen LogP contribution in [-0.2, 0) is 22.1 Å². The third-order valence-corrected chi connectivity index (χ3v) is 8.80. The summed E-state index contributed by atoms with van der Waals surface area (Å²) in [5.41, 5.74) is 3.00. The number of ether oxygens (including phenoxy) is 3. The molecule has 0 N–H and O–H groups in total. The van der Waals surface area contributed by atoms with Gasteiger partial charge >= 0.3 is 0 Å². The zero-order chi connectivity index (χ0) is 27.9. The van der Waals surface area contributed by atoms with Crippen molar-refractivity contribution in [3.63, 3.8) is 0 Å². The molecule has 10 heteroatoms. The molecule has 2 aliphatic heterocycles. The van der Waals surface area contributed by atoms with Crippen molar-refractivity contribution in [2.24, 2.45) is 0 Å². The lowest BCUT2D eigenvalue weighted by Crippen LogP contribution is -2.30. The molecule has 0 amide bonds. The van der Waals surface area contributed by atoms with Gasteiger partial charge in [-0.15, -0.1) is 0 Å². The van der Waals surface area contributed by atoms with Crippen LogP contribution in [0.4, 0.5) is 0 Å². The zero-order valence-corrected chi connectivity index (χ0v) is 23.9. The highest BCUT2D eigenvalue weighted by Crippen LogP contribution is 2.29.